The van der Waals surface area contributed by atoms with E-state index in [-0.39, 0.29) is 0 Å². The Morgan fingerprint density at radius 3 is 2.64 bits per heavy atom. The quantitative estimate of drug-likeness (QED) is 0.564. The lowest BCUT2D eigenvalue weighted by Crippen LogP contribution is -2.32. The van der Waals surface area contributed by atoms with Gasteiger partial charge < -0.3 is 15.4 Å². The van der Waals surface area contributed by atoms with Crippen molar-refractivity contribution in [1.29, 1.82) is 0 Å². The van der Waals surface area contributed by atoms with Crippen molar-refractivity contribution >= 4 is 33.6 Å². The van der Waals surface area contributed by atoms with Gasteiger partial charge in [0.05, 0.1) is 0 Å². The topological polar surface area (TPSA) is 50.4 Å². The third kappa shape index (κ3) is 8.41. The van der Waals surface area contributed by atoms with Gasteiger partial charge in [-0.25, -0.2) is 4.79 Å². The maximum Gasteiger partial charge on any atom is 0.407 e. The van der Waals surface area contributed by atoms with Crippen molar-refractivity contribution in [1.82, 2.24) is 10.6 Å². The lowest BCUT2D eigenvalue weighted by Gasteiger charge is -2.19. The second-order valence-corrected chi connectivity index (χ2v) is 7.01. The predicted molar refractivity (Wildman–Crippen MR) is 94.2 cm³/mol. The van der Waals surface area contributed by atoms with Crippen molar-refractivity contribution in [3.05, 3.63) is 45.4 Å². The molecule has 0 aromatic heterocycles. The van der Waals surface area contributed by atoms with E-state index in [0.29, 0.717) is 18.1 Å². The van der Waals surface area contributed by atoms with Crippen molar-refractivity contribution in [3.63, 3.8) is 0 Å². The average molecular weight is 390 g/mol. The van der Waals surface area contributed by atoms with Crippen molar-refractivity contribution < 1.29 is 9.53 Å². The number of benzene rings is 1. The minimum absolute atomic E-state index is 0.407. The smallest absolute Gasteiger partial charge is 0.407 e. The summed E-state index contributed by atoms with van der Waals surface area (Å²) >= 11 is 9.37. The molecule has 1 aromatic rings. The van der Waals surface area contributed by atoms with Gasteiger partial charge in [0.2, 0.25) is 0 Å². The number of carbonyl (C=O) groups excluding carboxylic acids is 1. The largest absolute Gasteiger partial charge is 0.444 e. The molecule has 0 saturated heterocycles. The summed E-state index contributed by atoms with van der Waals surface area (Å²) in [6, 6.07) is 5.72. The number of halogens is 2. The van der Waals surface area contributed by atoms with E-state index in [4.69, 9.17) is 16.3 Å². The molecule has 0 spiro atoms. The molecule has 1 amide bonds. The number of rotatable bonds is 6. The molecular weight excluding hydrogens is 368 g/mol. The summed E-state index contributed by atoms with van der Waals surface area (Å²) in [7, 11) is 0. The summed E-state index contributed by atoms with van der Waals surface area (Å²) in [5.74, 6) is 0. The Balaban J connectivity index is 2.18. The van der Waals surface area contributed by atoms with Gasteiger partial charge in [0.25, 0.3) is 0 Å². The van der Waals surface area contributed by atoms with Gasteiger partial charge in [0.15, 0.2) is 0 Å². The van der Waals surface area contributed by atoms with Crippen LogP contribution in [0.3, 0.4) is 0 Å². The third-order valence-electron chi connectivity index (χ3n) is 2.52. The molecule has 0 aliphatic carbocycles. The molecule has 0 aliphatic heterocycles. The fourth-order valence-corrected chi connectivity index (χ4v) is 2.40. The summed E-state index contributed by atoms with van der Waals surface area (Å²) in [6.45, 7) is 7.40. The zero-order valence-electron chi connectivity index (χ0n) is 13.1. The molecule has 1 aromatic carbocycles. The van der Waals surface area contributed by atoms with E-state index in [0.717, 1.165) is 16.6 Å². The molecule has 0 fully saturated rings. The van der Waals surface area contributed by atoms with Gasteiger partial charge in [-0.1, -0.05) is 45.7 Å². The Hall–Kier alpha value is -1.04. The van der Waals surface area contributed by atoms with E-state index in [1.165, 1.54) is 0 Å². The summed E-state index contributed by atoms with van der Waals surface area (Å²) in [4.78, 5) is 11.4. The lowest BCUT2D eigenvalue weighted by molar-refractivity contribution is 0.0534. The number of hydrogen-bond donors (Lipinski definition) is 2. The van der Waals surface area contributed by atoms with Crippen LogP contribution < -0.4 is 10.6 Å². The van der Waals surface area contributed by atoms with E-state index < -0.39 is 11.7 Å². The highest BCUT2D eigenvalue weighted by Crippen LogP contribution is 2.21. The first-order valence-electron chi connectivity index (χ1n) is 7.04. The van der Waals surface area contributed by atoms with Gasteiger partial charge in [-0.15, -0.1) is 0 Å². The van der Waals surface area contributed by atoms with Crippen molar-refractivity contribution in [2.24, 2.45) is 0 Å². The molecule has 0 atom stereocenters. The minimum Gasteiger partial charge on any atom is -0.444 e. The number of nitrogens with one attached hydrogen (secondary N) is 2. The van der Waals surface area contributed by atoms with E-state index in [9.17, 15) is 4.79 Å². The van der Waals surface area contributed by atoms with Crippen molar-refractivity contribution in [2.45, 2.75) is 32.9 Å². The lowest BCUT2D eigenvalue weighted by atomic mass is 10.2. The van der Waals surface area contributed by atoms with Crippen LogP contribution in [0.25, 0.3) is 0 Å². The van der Waals surface area contributed by atoms with Crippen LogP contribution in [0.5, 0.6) is 0 Å². The predicted octanol–water partition coefficient (Wildman–Crippen LogP) is 4.27. The normalized spacial score (nSPS) is 11.7. The summed E-state index contributed by atoms with van der Waals surface area (Å²) in [5, 5.41) is 6.66. The van der Waals surface area contributed by atoms with Crippen LogP contribution in [0, 0.1) is 0 Å². The zero-order valence-corrected chi connectivity index (χ0v) is 15.4. The fraction of sp³-hybridized carbons (Fsp3) is 0.438. The third-order valence-corrected chi connectivity index (χ3v) is 3.50. The standard InChI is InChI=1S/C16H22BrClN2O2/c1-16(2,3)22-15(21)20-9-5-4-8-19-11-12-6-7-13(18)10-14(12)17/h4-7,10,19H,8-9,11H2,1-3H3,(H,20,21)/b5-4+. The maximum absolute atomic E-state index is 11.4. The van der Waals surface area contributed by atoms with E-state index in [1.54, 1.807) is 0 Å². The molecule has 0 radical (unpaired) electrons. The highest BCUT2D eigenvalue weighted by Gasteiger charge is 2.14. The number of ether oxygens (including phenoxy) is 1. The molecule has 0 saturated carbocycles. The molecular formula is C16H22BrClN2O2. The maximum atomic E-state index is 11.4. The number of amides is 1. The number of alkyl carbamates (subject to hydrolysis) is 1. The zero-order chi connectivity index (χ0) is 16.6. The van der Waals surface area contributed by atoms with Crippen LogP contribution in [-0.4, -0.2) is 24.8 Å². The van der Waals surface area contributed by atoms with Crippen molar-refractivity contribution in [3.8, 4) is 0 Å². The Bertz CT molecular complexity index is 527. The van der Waals surface area contributed by atoms with Gasteiger partial charge in [-0.3, -0.25) is 0 Å². The number of carbonyl (C=O) groups is 1. The summed E-state index contributed by atoms with van der Waals surface area (Å²) < 4.78 is 6.12. The van der Waals surface area contributed by atoms with E-state index in [2.05, 4.69) is 26.6 Å². The average Bonchev–Trinajstić information content (AvgIpc) is 2.37. The van der Waals surface area contributed by atoms with Crippen LogP contribution in [-0.2, 0) is 11.3 Å². The molecule has 2 N–H and O–H groups in total. The van der Waals surface area contributed by atoms with Gasteiger partial charge in [0, 0.05) is 29.1 Å². The van der Waals surface area contributed by atoms with E-state index >= 15 is 0 Å². The Kier molecular flexibility index (Phi) is 7.93. The molecule has 22 heavy (non-hydrogen) atoms. The molecule has 6 heteroatoms. The van der Waals surface area contributed by atoms with E-state index in [1.807, 2.05) is 51.1 Å². The molecule has 0 unspecified atom stereocenters. The first kappa shape index (κ1) is 19.0. The second kappa shape index (κ2) is 9.18. The van der Waals surface area contributed by atoms with Crippen LogP contribution in [0.2, 0.25) is 5.02 Å². The van der Waals surface area contributed by atoms with Crippen LogP contribution in [0.4, 0.5) is 4.79 Å². The molecule has 0 heterocycles. The Labute approximate surface area is 145 Å². The van der Waals surface area contributed by atoms with Crippen LogP contribution in [0.15, 0.2) is 34.8 Å². The molecule has 0 aliphatic rings. The number of hydrogen-bond acceptors (Lipinski definition) is 3. The van der Waals surface area contributed by atoms with Crippen LogP contribution >= 0.6 is 27.5 Å². The molecule has 4 nitrogen and oxygen atoms in total. The monoisotopic (exact) mass is 388 g/mol. The summed E-state index contributed by atoms with van der Waals surface area (Å²) in [6.07, 6.45) is 3.44. The molecule has 122 valence electrons. The summed E-state index contributed by atoms with van der Waals surface area (Å²) in [5.41, 5.74) is 0.672. The minimum atomic E-state index is -0.471. The SMILES string of the molecule is CC(C)(C)OC(=O)NC/C=C/CNCc1ccc(Cl)cc1Br. The van der Waals surface area contributed by atoms with Gasteiger partial charge >= 0.3 is 6.09 Å². The first-order chi connectivity index (χ1) is 10.3. The highest BCUT2D eigenvalue weighted by atomic mass is 79.9. The molecule has 0 bridgehead atoms. The molecule has 1 rings (SSSR count). The second-order valence-electron chi connectivity index (χ2n) is 5.72. The first-order valence-corrected chi connectivity index (χ1v) is 8.21. The Morgan fingerprint density at radius 1 is 1.32 bits per heavy atom. The van der Waals surface area contributed by atoms with Gasteiger partial charge in [-0.2, -0.15) is 0 Å². The highest BCUT2D eigenvalue weighted by molar-refractivity contribution is 9.10. The van der Waals surface area contributed by atoms with Crippen LogP contribution in [0.1, 0.15) is 26.3 Å². The van der Waals surface area contributed by atoms with Gasteiger partial charge in [-0.05, 0) is 38.5 Å². The Morgan fingerprint density at radius 2 is 2.00 bits per heavy atom. The van der Waals surface area contributed by atoms with Crippen molar-refractivity contribution in [2.75, 3.05) is 13.1 Å². The van der Waals surface area contributed by atoms with Gasteiger partial charge in [0.1, 0.15) is 5.60 Å². The fourth-order valence-electron chi connectivity index (χ4n) is 1.58.